The number of nitrogens with zero attached hydrogens (tertiary/aromatic N) is 1. The van der Waals surface area contributed by atoms with Crippen LogP contribution in [-0.2, 0) is 20.2 Å². The lowest BCUT2D eigenvalue weighted by Gasteiger charge is -2.19. The minimum Gasteiger partial charge on any atom is -0.477 e. The Hall–Kier alpha value is -2.98. The van der Waals surface area contributed by atoms with E-state index in [9.17, 15) is 23.3 Å². The molecule has 2 aromatic carbocycles. The van der Waals surface area contributed by atoms with Gasteiger partial charge in [0.25, 0.3) is 5.91 Å². The topological polar surface area (TPSA) is 142 Å². The Labute approximate surface area is 162 Å². The van der Waals surface area contributed by atoms with Gasteiger partial charge in [-0.25, -0.2) is 13.6 Å². The van der Waals surface area contributed by atoms with Crippen molar-refractivity contribution in [3.63, 3.8) is 0 Å². The third-order valence-electron chi connectivity index (χ3n) is 3.85. The van der Waals surface area contributed by atoms with Crippen molar-refractivity contribution in [2.75, 3.05) is 11.9 Å². The van der Waals surface area contributed by atoms with Crippen molar-refractivity contribution in [1.82, 2.24) is 0 Å². The fourth-order valence-electron chi connectivity index (χ4n) is 2.33. The number of hydrogen-bond donors (Lipinski definition) is 2. The minimum absolute atomic E-state index is 0.0201. The van der Waals surface area contributed by atoms with E-state index in [1.165, 1.54) is 0 Å². The van der Waals surface area contributed by atoms with Crippen molar-refractivity contribution in [2.24, 2.45) is 5.14 Å². The summed E-state index contributed by atoms with van der Waals surface area (Å²) < 4.78 is 27.8. The van der Waals surface area contributed by atoms with Gasteiger partial charge in [-0.3, -0.25) is 14.9 Å². The van der Waals surface area contributed by atoms with Crippen LogP contribution in [0.2, 0.25) is 0 Å². The molecule has 0 unspecified atom stereocenters. The third-order valence-corrected chi connectivity index (χ3v) is 4.76. The van der Waals surface area contributed by atoms with Gasteiger partial charge in [-0.1, -0.05) is 32.9 Å². The van der Waals surface area contributed by atoms with E-state index in [1.54, 1.807) is 12.1 Å². The highest BCUT2D eigenvalue weighted by Gasteiger charge is 2.21. The second kappa shape index (κ2) is 7.95. The molecule has 2 aromatic rings. The maximum absolute atomic E-state index is 12.1. The summed E-state index contributed by atoms with van der Waals surface area (Å²) in [7, 11) is -4.10. The number of anilines is 1. The maximum Gasteiger partial charge on any atom is 0.312 e. The number of nitrogens with one attached hydrogen (secondary N) is 1. The molecule has 0 spiro atoms. The molecule has 0 fully saturated rings. The highest BCUT2D eigenvalue weighted by molar-refractivity contribution is 7.89. The van der Waals surface area contributed by atoms with Crippen LogP contribution in [-0.4, -0.2) is 25.9 Å². The lowest BCUT2D eigenvalue weighted by atomic mass is 9.87. The molecule has 0 aliphatic carbocycles. The van der Waals surface area contributed by atoms with Crippen LogP contribution in [0.15, 0.2) is 47.4 Å². The molecule has 0 radical (unpaired) electrons. The van der Waals surface area contributed by atoms with Crippen LogP contribution in [0.5, 0.6) is 5.75 Å². The van der Waals surface area contributed by atoms with Gasteiger partial charge >= 0.3 is 5.69 Å². The summed E-state index contributed by atoms with van der Waals surface area (Å²) in [5.41, 5.74) is 1.04. The number of sulfonamides is 1. The average molecular weight is 407 g/mol. The Morgan fingerprint density at radius 1 is 1.18 bits per heavy atom. The lowest BCUT2D eigenvalue weighted by molar-refractivity contribution is -0.386. The normalized spacial score (nSPS) is 11.7. The summed E-state index contributed by atoms with van der Waals surface area (Å²) in [5.74, 6) is -0.760. The lowest BCUT2D eigenvalue weighted by Crippen LogP contribution is -2.21. The summed E-state index contributed by atoms with van der Waals surface area (Å²) in [5, 5.41) is 18.7. The fraction of sp³-hybridized carbons (Fsp3) is 0.278. The van der Waals surface area contributed by atoms with Crippen molar-refractivity contribution >= 4 is 27.3 Å². The summed E-state index contributed by atoms with van der Waals surface area (Å²) in [6.45, 7) is 5.73. The van der Waals surface area contributed by atoms with E-state index in [-0.39, 0.29) is 11.2 Å². The Balaban J connectivity index is 2.07. The predicted molar refractivity (Wildman–Crippen MR) is 104 cm³/mol. The number of rotatable bonds is 6. The molecule has 0 heterocycles. The summed E-state index contributed by atoms with van der Waals surface area (Å²) in [4.78, 5) is 22.0. The van der Waals surface area contributed by atoms with Crippen molar-refractivity contribution in [2.45, 2.75) is 31.1 Å². The first-order chi connectivity index (χ1) is 12.9. The van der Waals surface area contributed by atoms with Crippen LogP contribution in [0, 0.1) is 10.1 Å². The first kappa shape index (κ1) is 21.3. The number of benzene rings is 2. The van der Waals surface area contributed by atoms with Gasteiger partial charge in [0, 0.05) is 11.8 Å². The molecule has 9 nitrogen and oxygen atoms in total. The average Bonchev–Trinajstić information content (AvgIpc) is 2.58. The van der Waals surface area contributed by atoms with Gasteiger partial charge in [0.1, 0.15) is 0 Å². The van der Waals surface area contributed by atoms with E-state index >= 15 is 0 Å². The van der Waals surface area contributed by atoms with E-state index in [1.807, 2.05) is 12.1 Å². The standard InChI is InChI=1S/C18H21N3O6S/c1-18(2,3)12-4-6-13(7-5-12)20-17(22)11-27-16-9-8-14(28(19,25)26)10-15(16)21(23)24/h4-10H,11H2,1-3H3,(H,20,22)(H2,19,25,26). The van der Waals surface area contributed by atoms with Gasteiger partial charge in [0.15, 0.2) is 12.4 Å². The number of nitrogens with two attached hydrogens (primary N) is 1. The molecular weight excluding hydrogens is 386 g/mol. The first-order valence-electron chi connectivity index (χ1n) is 8.22. The number of nitro benzene ring substituents is 1. The molecular formula is C18H21N3O6S. The van der Waals surface area contributed by atoms with E-state index < -0.39 is 38.0 Å². The van der Waals surface area contributed by atoms with E-state index in [0.717, 1.165) is 23.8 Å². The van der Waals surface area contributed by atoms with Gasteiger partial charge in [0.05, 0.1) is 9.82 Å². The zero-order valence-corrected chi connectivity index (χ0v) is 16.4. The summed E-state index contributed by atoms with van der Waals surface area (Å²) in [6.07, 6.45) is 0. The van der Waals surface area contributed by atoms with Crippen LogP contribution >= 0.6 is 0 Å². The molecule has 0 aliphatic heterocycles. The zero-order valence-electron chi connectivity index (χ0n) is 15.6. The number of hydrogen-bond acceptors (Lipinski definition) is 6. The SMILES string of the molecule is CC(C)(C)c1ccc(NC(=O)COc2ccc(S(N)(=O)=O)cc2[N+](=O)[O-])cc1. The largest absolute Gasteiger partial charge is 0.477 e. The highest BCUT2D eigenvalue weighted by atomic mass is 32.2. The van der Waals surface area contributed by atoms with Gasteiger partial charge in [-0.05, 0) is 35.2 Å². The highest BCUT2D eigenvalue weighted by Crippen LogP contribution is 2.29. The number of ether oxygens (including phenoxy) is 1. The minimum atomic E-state index is -4.10. The van der Waals surface area contributed by atoms with Crippen LogP contribution < -0.4 is 15.2 Å². The van der Waals surface area contributed by atoms with Crippen molar-refractivity contribution in [1.29, 1.82) is 0 Å². The van der Waals surface area contributed by atoms with Crippen molar-refractivity contribution < 1.29 is 22.9 Å². The molecule has 150 valence electrons. The monoisotopic (exact) mass is 407 g/mol. The van der Waals surface area contributed by atoms with Crippen LogP contribution in [0.4, 0.5) is 11.4 Å². The van der Waals surface area contributed by atoms with Gasteiger partial charge < -0.3 is 10.1 Å². The van der Waals surface area contributed by atoms with Gasteiger partial charge in [-0.15, -0.1) is 0 Å². The van der Waals surface area contributed by atoms with Crippen LogP contribution in [0.1, 0.15) is 26.3 Å². The Morgan fingerprint density at radius 2 is 1.79 bits per heavy atom. The zero-order chi connectivity index (χ0) is 21.1. The smallest absolute Gasteiger partial charge is 0.312 e. The Morgan fingerprint density at radius 3 is 2.29 bits per heavy atom. The molecule has 3 N–H and O–H groups in total. The molecule has 0 aromatic heterocycles. The van der Waals surface area contributed by atoms with E-state index in [4.69, 9.17) is 9.88 Å². The molecule has 0 saturated carbocycles. The van der Waals surface area contributed by atoms with Crippen LogP contribution in [0.3, 0.4) is 0 Å². The quantitative estimate of drug-likeness (QED) is 0.557. The first-order valence-corrected chi connectivity index (χ1v) is 9.77. The second-order valence-corrected chi connectivity index (χ2v) is 8.66. The fourth-order valence-corrected chi connectivity index (χ4v) is 2.87. The Kier molecular flexibility index (Phi) is 6.05. The maximum atomic E-state index is 12.1. The molecule has 0 saturated heterocycles. The van der Waals surface area contributed by atoms with Crippen molar-refractivity contribution in [3.05, 3.63) is 58.1 Å². The number of carbonyl (C=O) groups excluding carboxylic acids is 1. The molecule has 0 aliphatic rings. The van der Waals surface area contributed by atoms with E-state index in [0.29, 0.717) is 5.69 Å². The van der Waals surface area contributed by atoms with Gasteiger partial charge in [-0.2, -0.15) is 0 Å². The second-order valence-electron chi connectivity index (χ2n) is 7.10. The molecule has 1 amide bonds. The number of amides is 1. The molecule has 0 bridgehead atoms. The Bertz CT molecular complexity index is 995. The van der Waals surface area contributed by atoms with Crippen LogP contribution in [0.25, 0.3) is 0 Å². The third kappa shape index (κ3) is 5.51. The molecule has 2 rings (SSSR count). The van der Waals surface area contributed by atoms with E-state index in [2.05, 4.69) is 26.1 Å². The predicted octanol–water partition coefficient (Wildman–Crippen LogP) is 2.56. The van der Waals surface area contributed by atoms with Crippen molar-refractivity contribution in [3.8, 4) is 5.75 Å². The molecule has 0 atom stereocenters. The number of nitro groups is 1. The number of primary sulfonamides is 1. The number of carbonyl (C=O) groups is 1. The molecule has 28 heavy (non-hydrogen) atoms. The summed E-state index contributed by atoms with van der Waals surface area (Å²) in [6, 6.07) is 10.2. The molecule has 10 heteroatoms. The van der Waals surface area contributed by atoms with Gasteiger partial charge in [0.2, 0.25) is 10.0 Å². The summed E-state index contributed by atoms with van der Waals surface area (Å²) >= 11 is 0.